The monoisotopic (exact) mass is 465 g/mol. The van der Waals surface area contributed by atoms with E-state index in [0.29, 0.717) is 16.6 Å². The molecule has 0 bridgehead atoms. The van der Waals surface area contributed by atoms with Crippen LogP contribution in [0.3, 0.4) is 0 Å². The van der Waals surface area contributed by atoms with Gasteiger partial charge in [0.15, 0.2) is 0 Å². The van der Waals surface area contributed by atoms with Gasteiger partial charge in [-0.05, 0) is 31.7 Å². The molecule has 2 amide bonds. The fraction of sp³-hybridized carbons (Fsp3) is 0.304. The van der Waals surface area contributed by atoms with E-state index in [4.69, 9.17) is 10.3 Å². The molecule has 11 heteroatoms. The molecule has 0 saturated heterocycles. The van der Waals surface area contributed by atoms with Crippen LogP contribution in [0.2, 0.25) is 0 Å². The number of halogens is 2. The van der Waals surface area contributed by atoms with E-state index in [1.165, 1.54) is 6.33 Å². The van der Waals surface area contributed by atoms with E-state index in [-0.39, 0.29) is 34.4 Å². The molecule has 6 rings (SSSR count). The van der Waals surface area contributed by atoms with Crippen LogP contribution < -0.4 is 16.4 Å². The van der Waals surface area contributed by atoms with Crippen molar-refractivity contribution in [3.63, 3.8) is 0 Å². The lowest BCUT2D eigenvalue weighted by atomic mass is 10.0. The van der Waals surface area contributed by atoms with Crippen LogP contribution in [0.4, 0.5) is 31.0 Å². The zero-order valence-electron chi connectivity index (χ0n) is 18.2. The molecule has 4 N–H and O–H groups in total. The maximum absolute atomic E-state index is 15.2. The highest BCUT2D eigenvalue weighted by atomic mass is 19.1. The summed E-state index contributed by atoms with van der Waals surface area (Å²) < 4.78 is 37.2. The Morgan fingerprint density at radius 1 is 1.15 bits per heavy atom. The number of fused-ring (bicyclic) bond motifs is 1. The summed E-state index contributed by atoms with van der Waals surface area (Å²) in [5.41, 5.74) is 7.45. The Balaban J connectivity index is 1.28. The Bertz CT molecular complexity index is 1450. The number of nitrogen functional groups attached to an aromatic ring is 1. The number of nitrogens with two attached hydrogens (primary N) is 1. The van der Waals surface area contributed by atoms with Gasteiger partial charge in [-0.3, -0.25) is 5.32 Å². The van der Waals surface area contributed by atoms with Crippen molar-refractivity contribution in [1.29, 1.82) is 0 Å². The number of urea groups is 1. The SMILES string of the molecule is CC1(c2cc(NC(=O)Nc3cc(F)c(-c4cn(C5CC5)c5ncnc(N)c45)cc3F)on2)CC1. The summed E-state index contributed by atoms with van der Waals surface area (Å²) in [5.74, 6) is -1.22. The van der Waals surface area contributed by atoms with Crippen LogP contribution in [0.5, 0.6) is 0 Å². The summed E-state index contributed by atoms with van der Waals surface area (Å²) in [5, 5.41) is 9.20. The van der Waals surface area contributed by atoms with E-state index >= 15 is 4.39 Å². The highest BCUT2D eigenvalue weighted by Crippen LogP contribution is 2.47. The van der Waals surface area contributed by atoms with Gasteiger partial charge in [-0.1, -0.05) is 12.1 Å². The standard InChI is InChI=1S/C23H21F2N7O2/c1-23(4-5-23)17-8-18(34-31-17)30-22(33)29-16-7-14(24)12(6-15(16)25)13-9-32(11-2-3-11)21-19(13)20(26)27-10-28-21/h6-11H,2-5H2,1H3,(H2,26,27,28)(H2,29,30,33). The number of carbonyl (C=O) groups excluding carboxylic acids is 1. The number of rotatable bonds is 5. The molecular weight excluding hydrogens is 444 g/mol. The second kappa shape index (κ2) is 7.24. The first kappa shape index (κ1) is 20.6. The molecule has 2 aliphatic rings. The van der Waals surface area contributed by atoms with Crippen LogP contribution in [0.1, 0.15) is 44.3 Å². The fourth-order valence-electron chi connectivity index (χ4n) is 4.12. The molecule has 0 aliphatic heterocycles. The quantitative estimate of drug-likeness (QED) is 0.382. The van der Waals surface area contributed by atoms with Gasteiger partial charge >= 0.3 is 6.03 Å². The highest BCUT2D eigenvalue weighted by Gasteiger charge is 2.42. The van der Waals surface area contributed by atoms with Crippen molar-refractivity contribution >= 4 is 34.5 Å². The Hall–Kier alpha value is -4.02. The molecule has 1 aromatic carbocycles. The van der Waals surface area contributed by atoms with Crippen molar-refractivity contribution in [3.05, 3.63) is 48.1 Å². The Labute approximate surface area is 192 Å². The Morgan fingerprint density at radius 3 is 2.68 bits per heavy atom. The highest BCUT2D eigenvalue weighted by molar-refractivity contribution is 6.02. The van der Waals surface area contributed by atoms with Gasteiger partial charge in [0.1, 0.15) is 29.4 Å². The number of aromatic nitrogens is 4. The summed E-state index contributed by atoms with van der Waals surface area (Å²) in [4.78, 5) is 20.7. The molecule has 3 aromatic heterocycles. The number of carbonyl (C=O) groups is 1. The number of nitrogens with one attached hydrogen (secondary N) is 2. The summed E-state index contributed by atoms with van der Waals surface area (Å²) in [6.07, 6.45) is 7.04. The van der Waals surface area contributed by atoms with Crippen molar-refractivity contribution in [2.24, 2.45) is 0 Å². The van der Waals surface area contributed by atoms with Crippen LogP contribution in [0, 0.1) is 11.6 Å². The van der Waals surface area contributed by atoms with Gasteiger partial charge < -0.3 is 20.1 Å². The Morgan fingerprint density at radius 2 is 1.94 bits per heavy atom. The fourth-order valence-corrected chi connectivity index (χ4v) is 4.12. The zero-order chi connectivity index (χ0) is 23.6. The van der Waals surface area contributed by atoms with Crippen molar-refractivity contribution in [3.8, 4) is 11.1 Å². The van der Waals surface area contributed by atoms with Gasteiger partial charge in [-0.25, -0.2) is 23.5 Å². The molecule has 0 unspecified atom stereocenters. The average Bonchev–Trinajstić information content (AvgIpc) is 3.69. The molecule has 3 heterocycles. The lowest BCUT2D eigenvalue weighted by Gasteiger charge is -2.10. The van der Waals surface area contributed by atoms with Crippen LogP contribution in [0.15, 0.2) is 35.2 Å². The van der Waals surface area contributed by atoms with Gasteiger partial charge in [0.05, 0.1) is 16.8 Å². The van der Waals surface area contributed by atoms with Crippen molar-refractivity contribution in [2.75, 3.05) is 16.4 Å². The van der Waals surface area contributed by atoms with E-state index in [1.54, 1.807) is 12.3 Å². The molecule has 174 valence electrons. The smallest absolute Gasteiger partial charge is 0.326 e. The average molecular weight is 465 g/mol. The van der Waals surface area contributed by atoms with Crippen LogP contribution in [-0.4, -0.2) is 25.7 Å². The summed E-state index contributed by atoms with van der Waals surface area (Å²) >= 11 is 0. The molecule has 2 aliphatic carbocycles. The predicted molar refractivity (Wildman–Crippen MR) is 121 cm³/mol. The minimum absolute atomic E-state index is 0.00640. The van der Waals surface area contributed by atoms with Crippen molar-refractivity contribution < 1.29 is 18.1 Å². The molecule has 2 saturated carbocycles. The van der Waals surface area contributed by atoms with Crippen molar-refractivity contribution in [1.82, 2.24) is 19.7 Å². The summed E-state index contributed by atoms with van der Waals surface area (Å²) in [6, 6.07) is 3.07. The normalized spacial score (nSPS) is 16.6. The largest absolute Gasteiger partial charge is 0.383 e. The van der Waals surface area contributed by atoms with E-state index in [9.17, 15) is 9.18 Å². The van der Waals surface area contributed by atoms with Gasteiger partial charge in [0, 0.05) is 40.9 Å². The molecule has 0 atom stereocenters. The van der Waals surface area contributed by atoms with E-state index in [1.807, 2.05) is 4.57 Å². The third-order valence-electron chi connectivity index (χ3n) is 6.54. The number of hydrogen-bond acceptors (Lipinski definition) is 6. The van der Waals surface area contributed by atoms with E-state index in [2.05, 4.69) is 32.7 Å². The number of anilines is 3. The Kier molecular flexibility index (Phi) is 4.38. The van der Waals surface area contributed by atoms with E-state index in [0.717, 1.165) is 43.5 Å². The first-order valence-electron chi connectivity index (χ1n) is 11.0. The van der Waals surface area contributed by atoms with Gasteiger partial charge in [0.2, 0.25) is 5.88 Å². The third-order valence-corrected chi connectivity index (χ3v) is 6.54. The molecule has 9 nitrogen and oxygen atoms in total. The minimum atomic E-state index is -0.807. The van der Waals surface area contributed by atoms with Gasteiger partial charge in [0.25, 0.3) is 0 Å². The van der Waals surface area contributed by atoms with Crippen LogP contribution >= 0.6 is 0 Å². The second-order valence-electron chi connectivity index (χ2n) is 9.17. The predicted octanol–water partition coefficient (Wildman–Crippen LogP) is 4.98. The molecule has 0 spiro atoms. The molecular formula is C23H21F2N7O2. The number of nitrogens with zero attached hydrogens (tertiary/aromatic N) is 4. The summed E-state index contributed by atoms with van der Waals surface area (Å²) in [6.45, 7) is 2.05. The molecule has 34 heavy (non-hydrogen) atoms. The van der Waals surface area contributed by atoms with Crippen molar-refractivity contribution in [2.45, 2.75) is 44.1 Å². The van der Waals surface area contributed by atoms with Gasteiger partial charge in [-0.2, -0.15) is 0 Å². The maximum atomic E-state index is 15.2. The summed E-state index contributed by atoms with van der Waals surface area (Å²) in [7, 11) is 0. The number of benzene rings is 1. The zero-order valence-corrected chi connectivity index (χ0v) is 18.2. The number of amides is 2. The minimum Gasteiger partial charge on any atom is -0.383 e. The topological polar surface area (TPSA) is 124 Å². The lowest BCUT2D eigenvalue weighted by molar-refractivity contribution is 0.261. The second-order valence-corrected chi connectivity index (χ2v) is 9.17. The first-order chi connectivity index (χ1) is 16.3. The van der Waals surface area contributed by atoms with Crippen LogP contribution in [0.25, 0.3) is 22.2 Å². The maximum Gasteiger partial charge on any atom is 0.326 e. The number of hydrogen-bond donors (Lipinski definition) is 3. The third kappa shape index (κ3) is 3.44. The first-order valence-corrected chi connectivity index (χ1v) is 11.0. The molecule has 0 radical (unpaired) electrons. The van der Waals surface area contributed by atoms with E-state index < -0.39 is 17.7 Å². The van der Waals surface area contributed by atoms with Crippen LogP contribution in [-0.2, 0) is 5.41 Å². The molecule has 2 fully saturated rings. The van der Waals surface area contributed by atoms with Gasteiger partial charge in [-0.15, -0.1) is 0 Å². The lowest BCUT2D eigenvalue weighted by Crippen LogP contribution is -2.20. The molecule has 4 aromatic rings.